The van der Waals surface area contributed by atoms with Crippen LogP contribution in [0.4, 0.5) is 4.39 Å². The quantitative estimate of drug-likeness (QED) is 0.791. The summed E-state index contributed by atoms with van der Waals surface area (Å²) in [5, 5.41) is 0. The predicted octanol–water partition coefficient (Wildman–Crippen LogP) is 2.63. The Morgan fingerprint density at radius 3 is 2.76 bits per heavy atom. The molecule has 0 fully saturated rings. The number of thiocarbonyl (C=S) groups is 1. The molecule has 0 aliphatic heterocycles. The summed E-state index contributed by atoms with van der Waals surface area (Å²) in [6, 6.07) is 4.86. The molecule has 0 unspecified atom stereocenters. The van der Waals surface area contributed by atoms with E-state index in [-0.39, 0.29) is 5.82 Å². The molecule has 0 saturated carbocycles. The Morgan fingerprint density at radius 1 is 1.47 bits per heavy atom. The molecule has 1 aromatic rings. The van der Waals surface area contributed by atoms with Gasteiger partial charge in [0.25, 0.3) is 0 Å². The van der Waals surface area contributed by atoms with E-state index >= 15 is 0 Å². The lowest BCUT2D eigenvalue weighted by Gasteiger charge is -2.22. The lowest BCUT2D eigenvalue weighted by atomic mass is 10.1. The third-order valence-electron chi connectivity index (χ3n) is 2.62. The van der Waals surface area contributed by atoms with Gasteiger partial charge in [0.2, 0.25) is 0 Å². The summed E-state index contributed by atoms with van der Waals surface area (Å²) in [6.45, 7) is 6.27. The van der Waals surface area contributed by atoms with Crippen molar-refractivity contribution >= 4 is 17.2 Å². The van der Waals surface area contributed by atoms with E-state index in [9.17, 15) is 4.39 Å². The number of rotatable bonds is 6. The molecule has 1 rings (SSSR count). The highest BCUT2D eigenvalue weighted by Crippen LogP contribution is 2.13. The monoisotopic (exact) mass is 254 g/mol. The van der Waals surface area contributed by atoms with E-state index in [1.807, 2.05) is 6.92 Å². The van der Waals surface area contributed by atoms with E-state index in [4.69, 9.17) is 18.0 Å². The molecular weight excluding hydrogens is 235 g/mol. The standard InChI is InChI=1S/C13H19FN2S/c1-3-6-16(9-13(15)17)8-11-7-12(14)5-4-10(11)2/h4-5,7H,3,6,8-9H2,1-2H3,(H2,15,17). The van der Waals surface area contributed by atoms with E-state index in [0.29, 0.717) is 18.1 Å². The van der Waals surface area contributed by atoms with Gasteiger partial charge >= 0.3 is 0 Å². The number of nitrogens with two attached hydrogens (primary N) is 1. The summed E-state index contributed by atoms with van der Waals surface area (Å²) in [4.78, 5) is 2.62. The molecule has 0 heterocycles. The Kier molecular flexibility index (Phi) is 5.51. The molecule has 0 saturated heterocycles. The second-order valence-electron chi connectivity index (χ2n) is 4.25. The fraction of sp³-hybridized carbons (Fsp3) is 0.462. The van der Waals surface area contributed by atoms with Gasteiger partial charge in [0.05, 0.1) is 4.99 Å². The zero-order chi connectivity index (χ0) is 12.8. The first-order valence-corrected chi connectivity index (χ1v) is 6.19. The van der Waals surface area contributed by atoms with Crippen LogP contribution >= 0.6 is 12.2 Å². The first kappa shape index (κ1) is 14.1. The first-order valence-electron chi connectivity index (χ1n) is 5.78. The third-order valence-corrected chi connectivity index (χ3v) is 2.75. The second kappa shape index (κ2) is 6.67. The van der Waals surface area contributed by atoms with Crippen LogP contribution in [-0.4, -0.2) is 23.0 Å². The van der Waals surface area contributed by atoms with Crippen molar-refractivity contribution in [1.29, 1.82) is 0 Å². The second-order valence-corrected chi connectivity index (χ2v) is 4.77. The van der Waals surface area contributed by atoms with Crippen molar-refractivity contribution in [3.8, 4) is 0 Å². The van der Waals surface area contributed by atoms with E-state index in [0.717, 1.165) is 24.1 Å². The van der Waals surface area contributed by atoms with Crippen molar-refractivity contribution in [2.75, 3.05) is 13.1 Å². The molecule has 0 atom stereocenters. The third kappa shape index (κ3) is 4.79. The lowest BCUT2D eigenvalue weighted by molar-refractivity contribution is 0.303. The maximum Gasteiger partial charge on any atom is 0.123 e. The van der Waals surface area contributed by atoms with Gasteiger partial charge < -0.3 is 5.73 Å². The molecule has 2 N–H and O–H groups in total. The van der Waals surface area contributed by atoms with Crippen molar-refractivity contribution in [3.05, 3.63) is 35.1 Å². The van der Waals surface area contributed by atoms with E-state index in [2.05, 4.69) is 11.8 Å². The van der Waals surface area contributed by atoms with Crippen molar-refractivity contribution in [3.63, 3.8) is 0 Å². The Balaban J connectivity index is 2.77. The van der Waals surface area contributed by atoms with Crippen molar-refractivity contribution < 1.29 is 4.39 Å². The first-order chi connectivity index (χ1) is 8.02. The Morgan fingerprint density at radius 2 is 2.18 bits per heavy atom. The van der Waals surface area contributed by atoms with Gasteiger partial charge in [-0.25, -0.2) is 4.39 Å². The normalized spacial score (nSPS) is 10.8. The number of hydrogen-bond donors (Lipinski definition) is 1. The highest BCUT2D eigenvalue weighted by atomic mass is 32.1. The highest BCUT2D eigenvalue weighted by Gasteiger charge is 2.08. The summed E-state index contributed by atoms with van der Waals surface area (Å²) in [7, 11) is 0. The van der Waals surface area contributed by atoms with Gasteiger partial charge in [0, 0.05) is 13.1 Å². The molecule has 0 bridgehead atoms. The molecule has 0 amide bonds. The summed E-state index contributed by atoms with van der Waals surface area (Å²) >= 11 is 4.92. The van der Waals surface area contributed by atoms with Crippen LogP contribution in [0.5, 0.6) is 0 Å². The van der Waals surface area contributed by atoms with Gasteiger partial charge in [-0.3, -0.25) is 4.90 Å². The average molecular weight is 254 g/mol. The van der Waals surface area contributed by atoms with Gasteiger partial charge in [-0.15, -0.1) is 0 Å². The Hall–Kier alpha value is -1.00. The minimum atomic E-state index is -0.197. The molecule has 0 aliphatic carbocycles. The molecule has 0 aromatic heterocycles. The van der Waals surface area contributed by atoms with Gasteiger partial charge in [-0.05, 0) is 43.1 Å². The van der Waals surface area contributed by atoms with Crippen LogP contribution < -0.4 is 5.73 Å². The Labute approximate surface area is 108 Å². The number of halogens is 1. The smallest absolute Gasteiger partial charge is 0.123 e. The lowest BCUT2D eigenvalue weighted by Crippen LogP contribution is -2.33. The predicted molar refractivity (Wildman–Crippen MR) is 73.5 cm³/mol. The van der Waals surface area contributed by atoms with Gasteiger partial charge in [-0.2, -0.15) is 0 Å². The molecule has 0 spiro atoms. The number of aryl methyl sites for hydroxylation is 1. The molecule has 0 aliphatic rings. The summed E-state index contributed by atoms with van der Waals surface area (Å²) in [5.74, 6) is -0.197. The molecule has 1 aromatic carbocycles. The number of hydrogen-bond acceptors (Lipinski definition) is 2. The van der Waals surface area contributed by atoms with E-state index < -0.39 is 0 Å². The summed E-state index contributed by atoms with van der Waals surface area (Å²) in [5.41, 5.74) is 7.65. The van der Waals surface area contributed by atoms with Gasteiger partial charge in [-0.1, -0.05) is 25.2 Å². The summed E-state index contributed by atoms with van der Waals surface area (Å²) in [6.07, 6.45) is 1.02. The molecule has 2 nitrogen and oxygen atoms in total. The SMILES string of the molecule is CCCN(CC(N)=S)Cc1cc(F)ccc1C. The number of nitrogens with zero attached hydrogens (tertiary/aromatic N) is 1. The molecule has 17 heavy (non-hydrogen) atoms. The minimum absolute atomic E-state index is 0.197. The van der Waals surface area contributed by atoms with Gasteiger partial charge in [0.15, 0.2) is 0 Å². The van der Waals surface area contributed by atoms with Crippen molar-refractivity contribution in [2.24, 2.45) is 5.73 Å². The topological polar surface area (TPSA) is 29.3 Å². The van der Waals surface area contributed by atoms with Crippen LogP contribution in [0, 0.1) is 12.7 Å². The molecular formula is C13H19FN2S. The van der Waals surface area contributed by atoms with Crippen LogP contribution in [0.15, 0.2) is 18.2 Å². The van der Waals surface area contributed by atoms with Crippen molar-refractivity contribution in [1.82, 2.24) is 4.90 Å². The zero-order valence-corrected chi connectivity index (χ0v) is 11.2. The largest absolute Gasteiger partial charge is 0.392 e. The fourth-order valence-electron chi connectivity index (χ4n) is 1.80. The fourth-order valence-corrected chi connectivity index (χ4v) is 1.98. The van der Waals surface area contributed by atoms with E-state index in [1.165, 1.54) is 6.07 Å². The zero-order valence-electron chi connectivity index (χ0n) is 10.4. The molecule has 0 radical (unpaired) electrons. The van der Waals surface area contributed by atoms with Crippen LogP contribution in [0.2, 0.25) is 0 Å². The van der Waals surface area contributed by atoms with Crippen molar-refractivity contribution in [2.45, 2.75) is 26.8 Å². The molecule has 4 heteroatoms. The number of benzene rings is 1. The van der Waals surface area contributed by atoms with E-state index in [1.54, 1.807) is 12.1 Å². The molecule has 94 valence electrons. The highest BCUT2D eigenvalue weighted by molar-refractivity contribution is 7.80. The maximum absolute atomic E-state index is 13.2. The van der Waals surface area contributed by atoms with Crippen LogP contribution in [0.1, 0.15) is 24.5 Å². The maximum atomic E-state index is 13.2. The summed E-state index contributed by atoms with van der Waals surface area (Å²) < 4.78 is 13.2. The van der Waals surface area contributed by atoms with Crippen LogP contribution in [-0.2, 0) is 6.54 Å². The minimum Gasteiger partial charge on any atom is -0.392 e. The van der Waals surface area contributed by atoms with Crippen LogP contribution in [0.25, 0.3) is 0 Å². The Bertz CT molecular complexity index is 393. The van der Waals surface area contributed by atoms with Crippen LogP contribution in [0.3, 0.4) is 0 Å². The average Bonchev–Trinajstić information content (AvgIpc) is 2.23. The van der Waals surface area contributed by atoms with Gasteiger partial charge in [0.1, 0.15) is 5.82 Å².